The van der Waals surface area contributed by atoms with Gasteiger partial charge in [0, 0.05) is 6.42 Å². The predicted octanol–water partition coefficient (Wildman–Crippen LogP) is 3.12. The highest BCUT2D eigenvalue weighted by atomic mass is 16.5. The van der Waals surface area contributed by atoms with Gasteiger partial charge in [-0.3, -0.25) is 9.59 Å². The fourth-order valence-corrected chi connectivity index (χ4v) is 3.86. The molecule has 1 fully saturated rings. The van der Waals surface area contributed by atoms with Crippen molar-refractivity contribution in [3.8, 4) is 0 Å². The summed E-state index contributed by atoms with van der Waals surface area (Å²) in [5.41, 5.74) is 0.968. The molecule has 3 aliphatic carbocycles. The maximum absolute atomic E-state index is 12.2. The summed E-state index contributed by atoms with van der Waals surface area (Å²) in [5, 5.41) is 0. The molecule has 4 rings (SSSR count). The molecule has 0 aromatic heterocycles. The number of ether oxygens (including phenoxy) is 2. The number of fused-ring (bicyclic) bond motifs is 2. The number of hydrogen-bond donors (Lipinski definition) is 0. The molecule has 2 bridgehead atoms. The van der Waals surface area contributed by atoms with Gasteiger partial charge in [0.2, 0.25) is 0 Å². The number of methoxy groups -OCH3 is 1. The van der Waals surface area contributed by atoms with Crippen LogP contribution in [0.5, 0.6) is 0 Å². The third-order valence-electron chi connectivity index (χ3n) is 5.03. The average Bonchev–Trinajstić information content (AvgIpc) is 2.61. The smallest absolute Gasteiger partial charge is 0.309 e. The van der Waals surface area contributed by atoms with E-state index in [1.54, 1.807) is 0 Å². The highest BCUT2D eigenvalue weighted by Crippen LogP contribution is 2.46. The van der Waals surface area contributed by atoms with Gasteiger partial charge in [0.1, 0.15) is 6.61 Å². The molecule has 0 saturated heterocycles. The quantitative estimate of drug-likeness (QED) is 0.619. The second-order valence-corrected chi connectivity index (χ2v) is 6.35. The monoisotopic (exact) mass is 314 g/mol. The minimum atomic E-state index is -0.242. The van der Waals surface area contributed by atoms with E-state index < -0.39 is 0 Å². The Balaban J connectivity index is 1.62. The van der Waals surface area contributed by atoms with E-state index in [4.69, 9.17) is 9.47 Å². The lowest BCUT2D eigenvalue weighted by molar-refractivity contribution is -0.155. The van der Waals surface area contributed by atoms with Gasteiger partial charge in [-0.2, -0.15) is 0 Å². The number of carbonyl (C=O) groups is 2. The first-order valence-electron chi connectivity index (χ1n) is 8.14. The molecule has 0 radical (unpaired) electrons. The summed E-state index contributed by atoms with van der Waals surface area (Å²) in [6.07, 6.45) is 6.57. The molecule has 2 unspecified atom stereocenters. The molecule has 0 N–H and O–H groups in total. The summed E-state index contributed by atoms with van der Waals surface area (Å²) in [6.45, 7) is 0.277. The van der Waals surface area contributed by atoms with Crippen molar-refractivity contribution >= 4 is 11.9 Å². The summed E-state index contributed by atoms with van der Waals surface area (Å²) >= 11 is 0. The van der Waals surface area contributed by atoms with Crippen LogP contribution in [0.4, 0.5) is 0 Å². The lowest BCUT2D eigenvalue weighted by Crippen LogP contribution is -2.42. The molecule has 0 heterocycles. The van der Waals surface area contributed by atoms with E-state index in [1.807, 2.05) is 30.3 Å². The van der Waals surface area contributed by atoms with Crippen LogP contribution in [0.3, 0.4) is 0 Å². The fraction of sp³-hybridized carbons (Fsp3) is 0.474. The van der Waals surface area contributed by atoms with Gasteiger partial charge in [-0.15, -0.1) is 0 Å². The van der Waals surface area contributed by atoms with Crippen LogP contribution < -0.4 is 0 Å². The Bertz CT molecular complexity index is 593. The van der Waals surface area contributed by atoms with Crippen molar-refractivity contribution in [3.63, 3.8) is 0 Å². The van der Waals surface area contributed by atoms with Crippen LogP contribution in [0.15, 0.2) is 42.5 Å². The lowest BCUT2D eigenvalue weighted by atomic mass is 9.61. The van der Waals surface area contributed by atoms with Crippen LogP contribution in [0, 0.1) is 23.7 Å². The maximum atomic E-state index is 12.2. The number of hydrogen-bond acceptors (Lipinski definition) is 4. The summed E-state index contributed by atoms with van der Waals surface area (Å²) in [5.74, 6) is -0.200. The molecule has 122 valence electrons. The molecular formula is C19H22O4. The van der Waals surface area contributed by atoms with E-state index in [1.165, 1.54) is 7.11 Å². The fourth-order valence-electron chi connectivity index (χ4n) is 3.86. The van der Waals surface area contributed by atoms with Crippen molar-refractivity contribution in [1.29, 1.82) is 0 Å². The number of benzene rings is 1. The zero-order chi connectivity index (χ0) is 16.2. The van der Waals surface area contributed by atoms with E-state index in [0.29, 0.717) is 0 Å². The molecule has 4 nitrogen and oxygen atoms in total. The van der Waals surface area contributed by atoms with Gasteiger partial charge in [-0.25, -0.2) is 0 Å². The van der Waals surface area contributed by atoms with E-state index in [0.717, 1.165) is 18.4 Å². The summed E-state index contributed by atoms with van der Waals surface area (Å²) < 4.78 is 10.3. The number of esters is 2. The third-order valence-corrected chi connectivity index (χ3v) is 5.03. The van der Waals surface area contributed by atoms with Crippen molar-refractivity contribution in [2.75, 3.05) is 7.11 Å². The Morgan fingerprint density at radius 3 is 2.43 bits per heavy atom. The Labute approximate surface area is 136 Å². The van der Waals surface area contributed by atoms with Crippen molar-refractivity contribution in [2.45, 2.75) is 25.9 Å². The maximum Gasteiger partial charge on any atom is 0.309 e. The van der Waals surface area contributed by atoms with Gasteiger partial charge in [0.25, 0.3) is 0 Å². The highest BCUT2D eigenvalue weighted by Gasteiger charge is 2.46. The summed E-state index contributed by atoms with van der Waals surface area (Å²) in [7, 11) is 1.42. The predicted molar refractivity (Wildman–Crippen MR) is 85.2 cm³/mol. The Morgan fingerprint density at radius 1 is 1.09 bits per heavy atom. The van der Waals surface area contributed by atoms with Crippen molar-refractivity contribution in [1.82, 2.24) is 0 Å². The largest absolute Gasteiger partial charge is 0.469 e. The first-order chi connectivity index (χ1) is 11.2. The van der Waals surface area contributed by atoms with Crippen molar-refractivity contribution in [2.24, 2.45) is 23.7 Å². The Hall–Kier alpha value is -2.10. The molecule has 1 aromatic rings. The zero-order valence-electron chi connectivity index (χ0n) is 13.3. The SMILES string of the molecule is COC(=O)[C@H]1C2C=CC(CC2)[C@@H]1CC(=O)OCc1ccccc1. The van der Waals surface area contributed by atoms with Crippen LogP contribution >= 0.6 is 0 Å². The van der Waals surface area contributed by atoms with E-state index in [-0.39, 0.29) is 48.6 Å². The van der Waals surface area contributed by atoms with Crippen LogP contribution in [-0.4, -0.2) is 19.0 Å². The second kappa shape index (κ2) is 6.99. The van der Waals surface area contributed by atoms with Crippen LogP contribution in [0.25, 0.3) is 0 Å². The molecule has 4 heteroatoms. The molecular weight excluding hydrogens is 292 g/mol. The van der Waals surface area contributed by atoms with E-state index >= 15 is 0 Å². The van der Waals surface area contributed by atoms with Crippen LogP contribution in [0.2, 0.25) is 0 Å². The zero-order valence-corrected chi connectivity index (χ0v) is 13.3. The standard InChI is InChI=1S/C19H22O4/c1-22-19(21)18-15-9-7-14(8-10-15)16(18)11-17(20)23-12-13-5-3-2-4-6-13/h2-7,9,14-16,18H,8,10-12H2,1H3/t14?,15?,16-,18-/m0/s1. The Morgan fingerprint density at radius 2 is 1.78 bits per heavy atom. The van der Waals surface area contributed by atoms with E-state index in [2.05, 4.69) is 12.2 Å². The average molecular weight is 314 g/mol. The number of carbonyl (C=O) groups excluding carboxylic acids is 2. The minimum Gasteiger partial charge on any atom is -0.469 e. The van der Waals surface area contributed by atoms with Crippen molar-refractivity contribution < 1.29 is 19.1 Å². The molecule has 0 spiro atoms. The van der Waals surface area contributed by atoms with Gasteiger partial charge in [-0.05, 0) is 36.2 Å². The molecule has 23 heavy (non-hydrogen) atoms. The summed E-state index contributed by atoms with van der Waals surface area (Å²) in [6, 6.07) is 9.62. The molecule has 4 atom stereocenters. The van der Waals surface area contributed by atoms with Gasteiger partial charge >= 0.3 is 11.9 Å². The highest BCUT2D eigenvalue weighted by molar-refractivity contribution is 5.76. The van der Waals surface area contributed by atoms with Crippen LogP contribution in [0.1, 0.15) is 24.8 Å². The topological polar surface area (TPSA) is 52.6 Å². The number of rotatable bonds is 5. The molecule has 1 aromatic carbocycles. The second-order valence-electron chi connectivity index (χ2n) is 6.35. The Kier molecular flexibility index (Phi) is 4.79. The molecule has 3 aliphatic rings. The first kappa shape index (κ1) is 15.8. The third kappa shape index (κ3) is 3.46. The normalized spacial score (nSPS) is 28.4. The minimum absolute atomic E-state index is 0.00512. The van der Waals surface area contributed by atoms with Gasteiger partial charge < -0.3 is 9.47 Å². The van der Waals surface area contributed by atoms with E-state index in [9.17, 15) is 9.59 Å². The van der Waals surface area contributed by atoms with Crippen LogP contribution in [-0.2, 0) is 25.7 Å². The molecule has 1 saturated carbocycles. The molecule has 0 amide bonds. The van der Waals surface area contributed by atoms with Gasteiger partial charge in [0.05, 0.1) is 13.0 Å². The van der Waals surface area contributed by atoms with Gasteiger partial charge in [0.15, 0.2) is 0 Å². The summed E-state index contributed by atoms with van der Waals surface area (Å²) in [4.78, 5) is 24.3. The van der Waals surface area contributed by atoms with Crippen molar-refractivity contribution in [3.05, 3.63) is 48.0 Å². The number of allylic oxidation sites excluding steroid dienone is 2. The first-order valence-corrected chi connectivity index (χ1v) is 8.14. The lowest BCUT2D eigenvalue weighted by Gasteiger charge is -2.43. The van der Waals surface area contributed by atoms with Gasteiger partial charge in [-0.1, -0.05) is 42.5 Å². The molecule has 0 aliphatic heterocycles.